The van der Waals surface area contributed by atoms with Crippen molar-refractivity contribution in [1.82, 2.24) is 15.0 Å². The standard InChI is InChI=1S/C13H14ClFN4O/c1-3-6-20-13-18-11(14)17-12(19-13)16-10-7-9(15)5-4-8(10)2/h4-5,7H,3,6H2,1-2H3,(H,16,17,18,19). The number of hydrogen-bond donors (Lipinski definition) is 1. The molecule has 0 spiro atoms. The number of benzene rings is 1. The minimum Gasteiger partial charge on any atom is -0.463 e. The Labute approximate surface area is 121 Å². The number of aromatic nitrogens is 3. The monoisotopic (exact) mass is 296 g/mol. The summed E-state index contributed by atoms with van der Waals surface area (Å²) in [5, 5.41) is 2.92. The van der Waals surface area contributed by atoms with Crippen molar-refractivity contribution in [3.8, 4) is 6.01 Å². The maximum Gasteiger partial charge on any atom is 0.322 e. The van der Waals surface area contributed by atoms with Gasteiger partial charge >= 0.3 is 6.01 Å². The van der Waals surface area contributed by atoms with E-state index in [0.717, 1.165) is 12.0 Å². The number of anilines is 2. The summed E-state index contributed by atoms with van der Waals surface area (Å²) in [6.07, 6.45) is 0.828. The molecule has 2 aromatic rings. The molecule has 1 aromatic carbocycles. The second-order valence-electron chi connectivity index (χ2n) is 4.14. The van der Waals surface area contributed by atoms with Gasteiger partial charge in [0, 0.05) is 5.69 Å². The third-order valence-corrected chi connectivity index (χ3v) is 2.64. The first-order chi connectivity index (χ1) is 9.58. The first-order valence-electron chi connectivity index (χ1n) is 6.16. The highest BCUT2D eigenvalue weighted by Crippen LogP contribution is 2.21. The predicted octanol–water partition coefficient (Wildman–Crippen LogP) is 3.50. The van der Waals surface area contributed by atoms with E-state index >= 15 is 0 Å². The number of rotatable bonds is 5. The molecule has 0 unspecified atom stereocenters. The van der Waals surface area contributed by atoms with Crippen molar-refractivity contribution in [2.75, 3.05) is 11.9 Å². The molecule has 0 amide bonds. The van der Waals surface area contributed by atoms with Gasteiger partial charge in [-0.2, -0.15) is 15.0 Å². The van der Waals surface area contributed by atoms with E-state index in [-0.39, 0.29) is 23.1 Å². The maximum absolute atomic E-state index is 13.2. The first kappa shape index (κ1) is 14.5. The lowest BCUT2D eigenvalue weighted by Gasteiger charge is -2.09. The predicted molar refractivity (Wildman–Crippen MR) is 75.0 cm³/mol. The van der Waals surface area contributed by atoms with Crippen LogP contribution in [0.5, 0.6) is 6.01 Å². The fourth-order valence-corrected chi connectivity index (χ4v) is 1.65. The highest BCUT2D eigenvalue weighted by atomic mass is 35.5. The van der Waals surface area contributed by atoms with Gasteiger partial charge in [0.25, 0.3) is 0 Å². The summed E-state index contributed by atoms with van der Waals surface area (Å²) in [6.45, 7) is 4.30. The van der Waals surface area contributed by atoms with Gasteiger partial charge in [-0.15, -0.1) is 0 Å². The molecular formula is C13H14ClFN4O. The Morgan fingerprint density at radius 2 is 2.10 bits per heavy atom. The Hall–Kier alpha value is -1.95. The SMILES string of the molecule is CCCOc1nc(Cl)nc(Nc2cc(F)ccc2C)n1. The van der Waals surface area contributed by atoms with Crippen molar-refractivity contribution in [2.24, 2.45) is 0 Å². The molecule has 106 valence electrons. The molecule has 0 radical (unpaired) electrons. The molecule has 1 heterocycles. The summed E-state index contributed by atoms with van der Waals surface area (Å²) in [6, 6.07) is 4.55. The van der Waals surface area contributed by atoms with Crippen LogP contribution in [0.2, 0.25) is 5.28 Å². The van der Waals surface area contributed by atoms with E-state index in [4.69, 9.17) is 16.3 Å². The average molecular weight is 297 g/mol. The molecule has 0 fully saturated rings. The van der Waals surface area contributed by atoms with Crippen molar-refractivity contribution >= 4 is 23.2 Å². The van der Waals surface area contributed by atoms with Crippen molar-refractivity contribution in [3.63, 3.8) is 0 Å². The lowest BCUT2D eigenvalue weighted by atomic mass is 10.2. The van der Waals surface area contributed by atoms with Gasteiger partial charge in [-0.05, 0) is 42.6 Å². The van der Waals surface area contributed by atoms with Gasteiger partial charge in [0.2, 0.25) is 11.2 Å². The number of ether oxygens (including phenoxy) is 1. The largest absolute Gasteiger partial charge is 0.463 e. The molecule has 0 atom stereocenters. The van der Waals surface area contributed by atoms with Gasteiger partial charge in [-0.1, -0.05) is 13.0 Å². The number of hydrogen-bond acceptors (Lipinski definition) is 5. The van der Waals surface area contributed by atoms with E-state index in [1.54, 1.807) is 6.07 Å². The Kier molecular flexibility index (Phi) is 4.68. The molecule has 0 aliphatic carbocycles. The van der Waals surface area contributed by atoms with Crippen LogP contribution in [0.15, 0.2) is 18.2 Å². The maximum atomic E-state index is 13.2. The van der Waals surface area contributed by atoms with Crippen LogP contribution in [0.3, 0.4) is 0 Å². The Morgan fingerprint density at radius 1 is 1.30 bits per heavy atom. The number of aryl methyl sites for hydroxylation is 1. The van der Waals surface area contributed by atoms with E-state index in [1.807, 2.05) is 13.8 Å². The van der Waals surface area contributed by atoms with Gasteiger partial charge in [-0.25, -0.2) is 4.39 Å². The van der Waals surface area contributed by atoms with Gasteiger partial charge in [-0.3, -0.25) is 0 Å². The topological polar surface area (TPSA) is 59.9 Å². The summed E-state index contributed by atoms with van der Waals surface area (Å²) in [5.41, 5.74) is 1.42. The van der Waals surface area contributed by atoms with Crippen LogP contribution in [-0.4, -0.2) is 21.6 Å². The molecule has 0 saturated heterocycles. The van der Waals surface area contributed by atoms with Crippen LogP contribution in [0.25, 0.3) is 0 Å². The summed E-state index contributed by atoms with van der Waals surface area (Å²) in [5.74, 6) is -0.134. The fourth-order valence-electron chi connectivity index (χ4n) is 1.50. The van der Waals surface area contributed by atoms with E-state index < -0.39 is 0 Å². The van der Waals surface area contributed by atoms with Crippen LogP contribution < -0.4 is 10.1 Å². The zero-order valence-corrected chi connectivity index (χ0v) is 11.9. The zero-order chi connectivity index (χ0) is 14.5. The van der Waals surface area contributed by atoms with Crippen LogP contribution in [0, 0.1) is 12.7 Å². The molecular weight excluding hydrogens is 283 g/mol. The van der Waals surface area contributed by atoms with E-state index in [2.05, 4.69) is 20.3 Å². The lowest BCUT2D eigenvalue weighted by Crippen LogP contribution is -2.05. The second-order valence-corrected chi connectivity index (χ2v) is 4.48. The lowest BCUT2D eigenvalue weighted by molar-refractivity contribution is 0.292. The van der Waals surface area contributed by atoms with E-state index in [1.165, 1.54) is 12.1 Å². The van der Waals surface area contributed by atoms with Crippen molar-refractivity contribution in [1.29, 1.82) is 0 Å². The molecule has 5 nitrogen and oxygen atoms in total. The summed E-state index contributed by atoms with van der Waals surface area (Å²) >= 11 is 5.81. The van der Waals surface area contributed by atoms with Crippen molar-refractivity contribution in [3.05, 3.63) is 34.9 Å². The van der Waals surface area contributed by atoms with Gasteiger partial charge in [0.15, 0.2) is 0 Å². The van der Waals surface area contributed by atoms with Gasteiger partial charge < -0.3 is 10.1 Å². The molecule has 2 rings (SSSR count). The summed E-state index contributed by atoms with van der Waals surface area (Å²) in [4.78, 5) is 11.9. The molecule has 0 saturated carbocycles. The number of nitrogens with zero attached hydrogens (tertiary/aromatic N) is 3. The summed E-state index contributed by atoms with van der Waals surface area (Å²) in [7, 11) is 0. The molecule has 7 heteroatoms. The third-order valence-electron chi connectivity index (χ3n) is 2.47. The van der Waals surface area contributed by atoms with Crippen LogP contribution in [0.1, 0.15) is 18.9 Å². The number of nitrogens with one attached hydrogen (secondary N) is 1. The average Bonchev–Trinajstić information content (AvgIpc) is 2.40. The van der Waals surface area contributed by atoms with Gasteiger partial charge in [0.05, 0.1) is 6.61 Å². The Balaban J connectivity index is 2.24. The van der Waals surface area contributed by atoms with E-state index in [9.17, 15) is 4.39 Å². The highest BCUT2D eigenvalue weighted by Gasteiger charge is 2.08. The minimum atomic E-state index is -0.347. The molecule has 0 aliphatic rings. The minimum absolute atomic E-state index is 0.0164. The molecule has 20 heavy (non-hydrogen) atoms. The Morgan fingerprint density at radius 3 is 2.85 bits per heavy atom. The van der Waals surface area contributed by atoms with Crippen molar-refractivity contribution < 1.29 is 9.13 Å². The van der Waals surface area contributed by atoms with E-state index in [0.29, 0.717) is 12.3 Å². The molecule has 0 bridgehead atoms. The molecule has 1 N–H and O–H groups in total. The first-order valence-corrected chi connectivity index (χ1v) is 6.54. The molecule has 1 aromatic heterocycles. The van der Waals surface area contributed by atoms with Gasteiger partial charge in [0.1, 0.15) is 5.82 Å². The van der Waals surface area contributed by atoms with Crippen LogP contribution in [0.4, 0.5) is 16.0 Å². The second kappa shape index (κ2) is 6.47. The Bertz CT molecular complexity index is 609. The quantitative estimate of drug-likeness (QED) is 0.915. The highest BCUT2D eigenvalue weighted by molar-refractivity contribution is 6.28. The number of halogens is 2. The third kappa shape index (κ3) is 3.77. The zero-order valence-electron chi connectivity index (χ0n) is 11.2. The molecule has 0 aliphatic heterocycles. The van der Waals surface area contributed by atoms with Crippen LogP contribution >= 0.6 is 11.6 Å². The van der Waals surface area contributed by atoms with Crippen molar-refractivity contribution in [2.45, 2.75) is 20.3 Å². The summed E-state index contributed by atoms with van der Waals surface area (Å²) < 4.78 is 18.5. The smallest absolute Gasteiger partial charge is 0.322 e. The van der Waals surface area contributed by atoms with Crippen LogP contribution in [-0.2, 0) is 0 Å². The normalized spacial score (nSPS) is 10.4. The fraction of sp³-hybridized carbons (Fsp3) is 0.308.